The lowest BCUT2D eigenvalue weighted by atomic mass is 9.87. The van der Waals surface area contributed by atoms with Gasteiger partial charge in [-0.1, -0.05) is 50.0 Å². The minimum Gasteiger partial charge on any atom is -0.537 e. The first kappa shape index (κ1) is 29.5. The van der Waals surface area contributed by atoms with Crippen molar-refractivity contribution in [2.45, 2.75) is 37.8 Å². The average molecular weight is 586 g/mol. The Morgan fingerprint density at radius 3 is 2.40 bits per heavy atom. The first-order chi connectivity index (χ1) is 20.1. The van der Waals surface area contributed by atoms with E-state index in [1.165, 1.54) is 14.8 Å². The number of pyridine rings is 1. The Balaban J connectivity index is 1.43. The van der Waals surface area contributed by atoms with Crippen LogP contribution < -0.4 is 9.97 Å². The number of hydrogen-bond acceptors (Lipinski definition) is 7. The third-order valence-corrected chi connectivity index (χ3v) is 9.16. The predicted octanol–water partition coefficient (Wildman–Crippen LogP) is 4.02. The van der Waals surface area contributed by atoms with Crippen LogP contribution in [0.25, 0.3) is 11.1 Å². The highest BCUT2D eigenvalue weighted by Crippen LogP contribution is 2.35. The van der Waals surface area contributed by atoms with Gasteiger partial charge in [0, 0.05) is 46.3 Å². The van der Waals surface area contributed by atoms with Crippen molar-refractivity contribution in [2.24, 2.45) is 0 Å². The summed E-state index contributed by atoms with van der Waals surface area (Å²) in [5, 5.41) is 2.93. The molecule has 0 saturated carbocycles. The van der Waals surface area contributed by atoms with Gasteiger partial charge >= 0.3 is 13.7 Å². The van der Waals surface area contributed by atoms with E-state index >= 15 is 0 Å². The summed E-state index contributed by atoms with van der Waals surface area (Å²) < 4.78 is 16.0. The molecular weight excluding hydrogens is 551 g/mol. The van der Waals surface area contributed by atoms with Crippen LogP contribution in [0.1, 0.15) is 21.5 Å². The molecule has 2 aliphatic heterocycles. The fourth-order valence-electron chi connectivity index (χ4n) is 5.09. The molecule has 42 heavy (non-hydrogen) atoms. The highest BCUT2D eigenvalue weighted by molar-refractivity contribution is 6.76. The lowest BCUT2D eigenvalue weighted by Gasteiger charge is -2.32. The zero-order valence-electron chi connectivity index (χ0n) is 24.3. The van der Waals surface area contributed by atoms with Crippen LogP contribution in [0.3, 0.4) is 0 Å². The SMILES string of the molecule is CO[B]Oc1ccc2c(c1)C(=O)N(C[C@@]1(c3ccc(-c4ccncc4)cc3)NC(=O)N(COCC[Si](C)(C)C)C1=O)C2. The monoisotopic (exact) mass is 585 g/mol. The van der Waals surface area contributed by atoms with Crippen LogP contribution in [-0.4, -0.2) is 75.4 Å². The molecule has 5 rings (SSSR count). The Kier molecular flexibility index (Phi) is 8.48. The van der Waals surface area contributed by atoms with Crippen LogP contribution in [0.2, 0.25) is 25.7 Å². The van der Waals surface area contributed by atoms with Gasteiger partial charge in [0.1, 0.15) is 12.5 Å². The third-order valence-electron chi connectivity index (χ3n) is 7.45. The molecule has 4 amide bonds. The molecule has 3 heterocycles. The molecule has 217 valence electrons. The maximum Gasteiger partial charge on any atom is 0.572 e. The lowest BCUT2D eigenvalue weighted by molar-refractivity contribution is -0.135. The molecule has 0 aliphatic carbocycles. The number of nitrogens with zero attached hydrogens (tertiary/aromatic N) is 3. The maximum absolute atomic E-state index is 14.1. The van der Waals surface area contributed by atoms with Crippen molar-refractivity contribution in [2.75, 3.05) is 27.0 Å². The van der Waals surface area contributed by atoms with Gasteiger partial charge in [0.05, 0.1) is 6.54 Å². The standard InChI is InChI=1S/C30H34BN4O6Si/c1-39-31-41-25-10-7-23-18-34(27(36)26(23)17-25)19-30(24-8-5-21(6-9-24)22-11-13-32-14-12-22)28(37)35(29(38)33-30)20-40-15-16-42(2,3)4/h5-14,17H,15-16,18-20H2,1-4H3,(H,33,38)/t30-/m0/s1. The number of ether oxygens (including phenoxy) is 1. The molecule has 0 unspecified atom stereocenters. The summed E-state index contributed by atoms with van der Waals surface area (Å²) in [4.78, 5) is 47.7. The molecule has 10 nitrogen and oxygen atoms in total. The number of fused-ring (bicyclic) bond motifs is 1. The molecule has 0 bridgehead atoms. The largest absolute Gasteiger partial charge is 0.572 e. The predicted molar refractivity (Wildman–Crippen MR) is 160 cm³/mol. The van der Waals surface area contributed by atoms with Crippen molar-refractivity contribution in [3.05, 3.63) is 83.7 Å². The number of hydrogen-bond donors (Lipinski definition) is 1. The molecular formula is C30H34BN4O6Si. The smallest absolute Gasteiger partial charge is 0.537 e. The van der Waals surface area contributed by atoms with Gasteiger partial charge in [-0.05, 0) is 52.6 Å². The number of rotatable bonds is 12. The van der Waals surface area contributed by atoms with E-state index in [1.54, 1.807) is 29.4 Å². The Morgan fingerprint density at radius 2 is 1.71 bits per heavy atom. The first-order valence-electron chi connectivity index (χ1n) is 13.8. The summed E-state index contributed by atoms with van der Waals surface area (Å²) in [5.41, 5.74) is 2.27. The summed E-state index contributed by atoms with van der Waals surface area (Å²) in [6.07, 6.45) is 3.43. The first-order valence-corrected chi connectivity index (χ1v) is 17.5. The lowest BCUT2D eigenvalue weighted by Crippen LogP contribution is -2.53. The number of imide groups is 1. The number of aromatic nitrogens is 1. The fourth-order valence-corrected chi connectivity index (χ4v) is 5.85. The normalized spacial score (nSPS) is 18.3. The van der Waals surface area contributed by atoms with E-state index in [4.69, 9.17) is 14.0 Å². The zero-order chi connectivity index (χ0) is 29.9. The van der Waals surface area contributed by atoms with Gasteiger partial charge in [0.25, 0.3) is 11.8 Å². The van der Waals surface area contributed by atoms with Crippen LogP contribution in [0.5, 0.6) is 5.75 Å². The van der Waals surface area contributed by atoms with Gasteiger partial charge < -0.3 is 24.3 Å². The summed E-state index contributed by atoms with van der Waals surface area (Å²) in [7, 11) is 1.29. The molecule has 1 radical (unpaired) electrons. The fraction of sp³-hybridized carbons (Fsp3) is 0.333. The zero-order valence-corrected chi connectivity index (χ0v) is 25.3. The molecule has 2 aliphatic rings. The number of carbonyl (C=O) groups excluding carboxylic acids is 3. The van der Waals surface area contributed by atoms with Crippen LogP contribution >= 0.6 is 0 Å². The van der Waals surface area contributed by atoms with Crippen LogP contribution in [0.15, 0.2) is 67.0 Å². The van der Waals surface area contributed by atoms with Crippen molar-refractivity contribution >= 4 is 33.6 Å². The molecule has 0 spiro atoms. The molecule has 1 fully saturated rings. The highest BCUT2D eigenvalue weighted by atomic mass is 28.3. The van der Waals surface area contributed by atoms with Gasteiger partial charge in [-0.2, -0.15) is 0 Å². The van der Waals surface area contributed by atoms with Gasteiger partial charge in [0.15, 0.2) is 5.54 Å². The van der Waals surface area contributed by atoms with E-state index in [-0.39, 0.29) is 25.7 Å². The van der Waals surface area contributed by atoms with E-state index in [0.29, 0.717) is 23.5 Å². The van der Waals surface area contributed by atoms with Crippen LogP contribution in [0.4, 0.5) is 4.79 Å². The van der Waals surface area contributed by atoms with E-state index in [2.05, 4.69) is 29.9 Å². The molecule has 1 N–H and O–H groups in total. The van der Waals surface area contributed by atoms with E-state index < -0.39 is 25.6 Å². The van der Waals surface area contributed by atoms with Gasteiger partial charge in [-0.3, -0.25) is 14.6 Å². The molecule has 1 atom stereocenters. The average Bonchev–Trinajstić information content (AvgIpc) is 3.41. The Morgan fingerprint density at radius 1 is 1.00 bits per heavy atom. The second-order valence-corrected chi connectivity index (χ2v) is 17.3. The second kappa shape index (κ2) is 12.1. The molecule has 1 aromatic heterocycles. The van der Waals surface area contributed by atoms with E-state index in [0.717, 1.165) is 27.6 Å². The highest BCUT2D eigenvalue weighted by Gasteiger charge is 2.54. The Bertz CT molecular complexity index is 1470. The third kappa shape index (κ3) is 6.10. The van der Waals surface area contributed by atoms with Crippen molar-refractivity contribution in [3.63, 3.8) is 0 Å². The Labute approximate surface area is 247 Å². The van der Waals surface area contributed by atoms with Crippen LogP contribution in [-0.2, 0) is 26.3 Å². The maximum atomic E-state index is 14.1. The number of urea groups is 1. The van der Waals surface area contributed by atoms with Gasteiger partial charge in [-0.15, -0.1) is 0 Å². The number of nitrogens with one attached hydrogen (secondary N) is 1. The summed E-state index contributed by atoms with van der Waals surface area (Å²) in [5.74, 6) is -0.258. The molecule has 2 aromatic carbocycles. The summed E-state index contributed by atoms with van der Waals surface area (Å²) >= 11 is 0. The van der Waals surface area contributed by atoms with Crippen molar-refractivity contribution < 1.29 is 28.4 Å². The van der Waals surface area contributed by atoms with E-state index in [9.17, 15) is 14.4 Å². The molecule has 1 saturated heterocycles. The van der Waals surface area contributed by atoms with Crippen LogP contribution in [0, 0.1) is 0 Å². The van der Waals surface area contributed by atoms with Crippen molar-refractivity contribution in [1.29, 1.82) is 0 Å². The summed E-state index contributed by atoms with van der Waals surface area (Å²) in [6, 6.07) is 16.8. The number of carbonyl (C=O) groups is 3. The molecule has 12 heteroatoms. The molecule has 3 aromatic rings. The minimum atomic E-state index is -1.49. The quantitative estimate of drug-likeness (QED) is 0.194. The Hall–Kier alpha value is -4.00. The topological polar surface area (TPSA) is 110 Å². The van der Waals surface area contributed by atoms with Gasteiger partial charge in [-0.25, -0.2) is 9.69 Å². The van der Waals surface area contributed by atoms with E-state index in [1.807, 2.05) is 42.5 Å². The minimum absolute atomic E-state index is 0.0501. The van der Waals surface area contributed by atoms with Crippen molar-refractivity contribution in [3.8, 4) is 16.9 Å². The van der Waals surface area contributed by atoms with Gasteiger partial charge in [0.2, 0.25) is 0 Å². The number of benzene rings is 2. The summed E-state index contributed by atoms with van der Waals surface area (Å²) in [6.45, 7) is 7.25. The van der Waals surface area contributed by atoms with Crippen molar-refractivity contribution in [1.82, 2.24) is 20.1 Å². The second-order valence-electron chi connectivity index (χ2n) is 11.7. The number of amides is 4.